The first kappa shape index (κ1) is 11.3. The van der Waals surface area contributed by atoms with Crippen LogP contribution in [0.2, 0.25) is 10.3 Å². The highest BCUT2D eigenvalue weighted by Gasteiger charge is 2.12. The lowest BCUT2D eigenvalue weighted by Crippen LogP contribution is -1.91. The second-order valence-corrected chi connectivity index (χ2v) is 5.10. The average molecular weight is 325 g/mol. The first-order chi connectivity index (χ1) is 7.08. The van der Waals surface area contributed by atoms with Gasteiger partial charge < -0.3 is 0 Å². The van der Waals surface area contributed by atoms with E-state index in [1.165, 1.54) is 11.3 Å². The zero-order valence-electron chi connectivity index (χ0n) is 7.46. The molecule has 2 heterocycles. The highest BCUT2D eigenvalue weighted by Crippen LogP contribution is 2.30. The molecule has 2 aromatic rings. The summed E-state index contributed by atoms with van der Waals surface area (Å²) in [5, 5.41) is 3.21. The van der Waals surface area contributed by atoms with Crippen LogP contribution in [0.3, 0.4) is 0 Å². The fourth-order valence-electron chi connectivity index (χ4n) is 0.947. The van der Waals surface area contributed by atoms with Crippen LogP contribution in [0.5, 0.6) is 0 Å². The summed E-state index contributed by atoms with van der Waals surface area (Å²) in [6, 6.07) is 0. The quantitative estimate of drug-likeness (QED) is 0.745. The SMILES string of the molecule is Cc1csc(-c2nc(Cl)c(Br)c(Cl)n2)n1. The van der Waals surface area contributed by atoms with Crippen molar-refractivity contribution in [3.63, 3.8) is 0 Å². The van der Waals surface area contributed by atoms with E-state index in [1.807, 2.05) is 12.3 Å². The van der Waals surface area contributed by atoms with Gasteiger partial charge in [-0.25, -0.2) is 15.0 Å². The Morgan fingerprint density at radius 2 is 1.80 bits per heavy atom. The Hall–Kier alpha value is -0.230. The molecule has 0 saturated carbocycles. The van der Waals surface area contributed by atoms with Crippen LogP contribution in [0, 0.1) is 6.92 Å². The van der Waals surface area contributed by atoms with Crippen molar-refractivity contribution in [2.75, 3.05) is 0 Å². The summed E-state index contributed by atoms with van der Waals surface area (Å²) < 4.78 is 0.503. The molecule has 0 aliphatic heterocycles. The maximum absolute atomic E-state index is 5.87. The Morgan fingerprint density at radius 3 is 2.27 bits per heavy atom. The fourth-order valence-corrected chi connectivity index (χ4v) is 2.24. The molecular formula is C8H4BrCl2N3S. The maximum atomic E-state index is 5.87. The number of rotatable bonds is 1. The highest BCUT2D eigenvalue weighted by molar-refractivity contribution is 9.10. The molecule has 3 nitrogen and oxygen atoms in total. The number of aryl methyl sites for hydroxylation is 1. The Labute approximate surface area is 109 Å². The standard InChI is InChI=1S/C8H4BrCl2N3S/c1-3-2-15-8(12-3)7-13-5(10)4(9)6(11)14-7/h2H,1H3. The monoisotopic (exact) mass is 323 g/mol. The topological polar surface area (TPSA) is 38.7 Å². The minimum atomic E-state index is 0.290. The van der Waals surface area contributed by atoms with E-state index in [9.17, 15) is 0 Å². The van der Waals surface area contributed by atoms with Crippen LogP contribution in [0.25, 0.3) is 10.8 Å². The molecule has 0 atom stereocenters. The van der Waals surface area contributed by atoms with Gasteiger partial charge in [-0.3, -0.25) is 0 Å². The molecular weight excluding hydrogens is 321 g/mol. The third-order valence-electron chi connectivity index (χ3n) is 1.58. The van der Waals surface area contributed by atoms with E-state index in [4.69, 9.17) is 23.2 Å². The minimum absolute atomic E-state index is 0.290. The first-order valence-corrected chi connectivity index (χ1v) is 6.32. The smallest absolute Gasteiger partial charge is 0.191 e. The van der Waals surface area contributed by atoms with E-state index in [0.717, 1.165) is 5.69 Å². The molecule has 0 bridgehead atoms. The fraction of sp³-hybridized carbons (Fsp3) is 0.125. The van der Waals surface area contributed by atoms with Crippen LogP contribution in [0.1, 0.15) is 5.69 Å². The number of hydrogen-bond acceptors (Lipinski definition) is 4. The predicted molar refractivity (Wildman–Crippen MR) is 65.6 cm³/mol. The van der Waals surface area contributed by atoms with Gasteiger partial charge >= 0.3 is 0 Å². The summed E-state index contributed by atoms with van der Waals surface area (Å²) in [6.45, 7) is 1.90. The van der Waals surface area contributed by atoms with Crippen LogP contribution in [-0.4, -0.2) is 15.0 Å². The van der Waals surface area contributed by atoms with Gasteiger partial charge in [-0.1, -0.05) is 23.2 Å². The largest absolute Gasteiger partial charge is 0.238 e. The Kier molecular flexibility index (Phi) is 3.25. The van der Waals surface area contributed by atoms with Gasteiger partial charge in [0, 0.05) is 11.1 Å². The summed E-state index contributed by atoms with van der Waals surface area (Å²) >= 11 is 16.4. The van der Waals surface area contributed by atoms with Crippen LogP contribution >= 0.6 is 50.5 Å². The van der Waals surface area contributed by atoms with Gasteiger partial charge in [0.1, 0.15) is 10.3 Å². The predicted octanol–water partition coefficient (Wildman–Crippen LogP) is 3.98. The lowest BCUT2D eigenvalue weighted by Gasteiger charge is -2.00. The molecule has 0 aliphatic carbocycles. The van der Waals surface area contributed by atoms with Gasteiger partial charge in [0.05, 0.1) is 4.47 Å². The van der Waals surface area contributed by atoms with Crippen molar-refractivity contribution in [1.29, 1.82) is 0 Å². The molecule has 0 amide bonds. The normalized spacial score (nSPS) is 10.7. The summed E-state index contributed by atoms with van der Waals surface area (Å²) in [5.41, 5.74) is 0.925. The molecule has 0 fully saturated rings. The van der Waals surface area contributed by atoms with E-state index in [0.29, 0.717) is 15.3 Å². The van der Waals surface area contributed by atoms with Crippen LogP contribution < -0.4 is 0 Å². The number of hydrogen-bond donors (Lipinski definition) is 0. The Morgan fingerprint density at radius 1 is 1.20 bits per heavy atom. The Balaban J connectivity index is 2.55. The number of halogens is 3. The number of aromatic nitrogens is 3. The van der Waals surface area contributed by atoms with Crippen molar-refractivity contribution < 1.29 is 0 Å². The highest BCUT2D eigenvalue weighted by atomic mass is 79.9. The van der Waals surface area contributed by atoms with E-state index >= 15 is 0 Å². The maximum Gasteiger partial charge on any atom is 0.191 e. The van der Waals surface area contributed by atoms with Crippen LogP contribution in [-0.2, 0) is 0 Å². The number of thiazole rings is 1. The summed E-state index contributed by atoms with van der Waals surface area (Å²) in [5.74, 6) is 0.450. The van der Waals surface area contributed by atoms with Gasteiger partial charge in [-0.15, -0.1) is 11.3 Å². The summed E-state index contributed by atoms with van der Waals surface area (Å²) in [7, 11) is 0. The van der Waals surface area contributed by atoms with Gasteiger partial charge in [-0.2, -0.15) is 0 Å². The van der Waals surface area contributed by atoms with Gasteiger partial charge in [0.2, 0.25) is 0 Å². The molecule has 0 spiro atoms. The first-order valence-electron chi connectivity index (χ1n) is 3.89. The molecule has 0 unspecified atom stereocenters. The van der Waals surface area contributed by atoms with Gasteiger partial charge in [0.15, 0.2) is 10.8 Å². The third kappa shape index (κ3) is 2.30. The lowest BCUT2D eigenvalue weighted by atomic mass is 10.5. The molecule has 0 aromatic carbocycles. The van der Waals surface area contributed by atoms with Gasteiger partial charge in [-0.05, 0) is 22.9 Å². The van der Waals surface area contributed by atoms with Crippen molar-refractivity contribution >= 4 is 50.5 Å². The third-order valence-corrected chi connectivity index (χ3v) is 4.29. The molecule has 78 valence electrons. The molecule has 0 radical (unpaired) electrons. The number of nitrogens with zero attached hydrogens (tertiary/aromatic N) is 3. The van der Waals surface area contributed by atoms with Crippen molar-refractivity contribution in [2.24, 2.45) is 0 Å². The van der Waals surface area contributed by atoms with Crippen LogP contribution in [0.4, 0.5) is 0 Å². The van der Waals surface area contributed by atoms with E-state index < -0.39 is 0 Å². The molecule has 0 aliphatic rings. The molecule has 2 rings (SSSR count). The van der Waals surface area contributed by atoms with Crippen molar-refractivity contribution in [3.05, 3.63) is 25.9 Å². The average Bonchev–Trinajstić information content (AvgIpc) is 2.60. The van der Waals surface area contributed by atoms with Crippen molar-refractivity contribution in [3.8, 4) is 10.8 Å². The zero-order chi connectivity index (χ0) is 11.0. The Bertz CT molecular complexity index is 491. The molecule has 15 heavy (non-hydrogen) atoms. The second kappa shape index (κ2) is 4.33. The lowest BCUT2D eigenvalue weighted by molar-refractivity contribution is 1.14. The molecule has 7 heteroatoms. The minimum Gasteiger partial charge on any atom is -0.238 e. The summed E-state index contributed by atoms with van der Waals surface area (Å²) in [4.78, 5) is 12.4. The van der Waals surface area contributed by atoms with E-state index in [1.54, 1.807) is 0 Å². The van der Waals surface area contributed by atoms with Gasteiger partial charge in [0.25, 0.3) is 0 Å². The molecule has 0 saturated heterocycles. The van der Waals surface area contributed by atoms with E-state index in [2.05, 4.69) is 30.9 Å². The van der Waals surface area contributed by atoms with Crippen LogP contribution in [0.15, 0.2) is 9.85 Å². The zero-order valence-corrected chi connectivity index (χ0v) is 11.4. The molecule has 2 aromatic heterocycles. The molecule has 0 N–H and O–H groups in total. The van der Waals surface area contributed by atoms with Crippen molar-refractivity contribution in [2.45, 2.75) is 6.92 Å². The second-order valence-electron chi connectivity index (χ2n) is 2.74. The summed E-state index contributed by atoms with van der Waals surface area (Å²) in [6.07, 6.45) is 0. The van der Waals surface area contributed by atoms with E-state index in [-0.39, 0.29) is 10.3 Å². The van der Waals surface area contributed by atoms with Crippen molar-refractivity contribution in [1.82, 2.24) is 15.0 Å².